The number of aryl methyl sites for hydroxylation is 1. The molecule has 0 saturated carbocycles. The number of nitrogens with one attached hydrogen (secondary N) is 1. The molecule has 0 spiro atoms. The monoisotopic (exact) mass is 463 g/mol. The first-order valence-electron chi connectivity index (χ1n) is 10.0. The predicted octanol–water partition coefficient (Wildman–Crippen LogP) is 4.91. The van der Waals surface area contributed by atoms with Crippen LogP contribution in [0.4, 0.5) is 13.9 Å². The van der Waals surface area contributed by atoms with Gasteiger partial charge in [-0.05, 0) is 43.4 Å². The lowest BCUT2D eigenvalue weighted by Gasteiger charge is -2.31. The zero-order valence-electron chi connectivity index (χ0n) is 17.0. The van der Waals surface area contributed by atoms with Crippen molar-refractivity contribution in [3.05, 3.63) is 65.9 Å². The first-order chi connectivity index (χ1) is 14.8. The summed E-state index contributed by atoms with van der Waals surface area (Å²) in [6.07, 6.45) is 3.17. The Kier molecular flexibility index (Phi) is 6.36. The fourth-order valence-corrected chi connectivity index (χ4v) is 6.03. The number of piperidine rings is 1. The molecule has 2 heterocycles. The molecule has 3 aromatic rings. The highest BCUT2D eigenvalue weighted by atomic mass is 32.2. The molecule has 1 N–H and O–H groups in total. The maximum atomic E-state index is 14.0. The van der Waals surface area contributed by atoms with Crippen molar-refractivity contribution in [2.75, 3.05) is 25.0 Å². The molecular weight excluding hydrogens is 440 g/mol. The fraction of sp³-hybridized carbons (Fsp3) is 0.318. The summed E-state index contributed by atoms with van der Waals surface area (Å²) in [6, 6.07) is 10.8. The molecular formula is C22H23F2N3O2S2. The number of halogens is 2. The molecule has 4 rings (SSSR count). The third-order valence-corrected chi connectivity index (χ3v) is 8.37. The summed E-state index contributed by atoms with van der Waals surface area (Å²) >= 11 is 1.59. The first kappa shape index (κ1) is 21.9. The quantitative estimate of drug-likeness (QED) is 0.564. The van der Waals surface area contributed by atoms with Gasteiger partial charge < -0.3 is 5.32 Å². The standard InChI is InChI=1S/C22H23F2N3O2S2/c1-15-3-2-4-17(11-15)20-14-26-22(30-20)25-13-16-7-9-27(10-8-16)31(28,29)21-6-5-18(23)12-19(21)24/h2-6,11-12,14,16H,7-10,13H2,1H3,(H,25,26). The van der Waals surface area contributed by atoms with Gasteiger partial charge in [0.15, 0.2) is 5.13 Å². The van der Waals surface area contributed by atoms with Crippen LogP contribution in [0.3, 0.4) is 0 Å². The number of nitrogens with zero attached hydrogens (tertiary/aromatic N) is 2. The minimum absolute atomic E-state index is 0.288. The van der Waals surface area contributed by atoms with E-state index in [1.165, 1.54) is 9.87 Å². The summed E-state index contributed by atoms with van der Waals surface area (Å²) < 4.78 is 53.8. The van der Waals surface area contributed by atoms with E-state index in [1.807, 2.05) is 12.3 Å². The molecule has 9 heteroatoms. The summed E-state index contributed by atoms with van der Waals surface area (Å²) in [5.74, 6) is -1.57. The van der Waals surface area contributed by atoms with Gasteiger partial charge in [0.2, 0.25) is 10.0 Å². The Morgan fingerprint density at radius 2 is 1.94 bits per heavy atom. The van der Waals surface area contributed by atoms with Gasteiger partial charge in [-0.1, -0.05) is 41.2 Å². The average molecular weight is 464 g/mol. The van der Waals surface area contributed by atoms with E-state index >= 15 is 0 Å². The second kappa shape index (κ2) is 9.02. The van der Waals surface area contributed by atoms with E-state index in [0.29, 0.717) is 38.5 Å². The highest BCUT2D eigenvalue weighted by Crippen LogP contribution is 2.30. The molecule has 164 valence electrons. The number of rotatable bonds is 6. The van der Waals surface area contributed by atoms with Crippen molar-refractivity contribution >= 4 is 26.5 Å². The van der Waals surface area contributed by atoms with Crippen LogP contribution < -0.4 is 5.32 Å². The second-order valence-corrected chi connectivity index (χ2v) is 10.6. The van der Waals surface area contributed by atoms with E-state index in [4.69, 9.17) is 0 Å². The lowest BCUT2D eigenvalue weighted by molar-refractivity contribution is 0.281. The van der Waals surface area contributed by atoms with Crippen molar-refractivity contribution in [2.45, 2.75) is 24.7 Å². The Morgan fingerprint density at radius 1 is 1.16 bits per heavy atom. The lowest BCUT2D eigenvalue weighted by atomic mass is 9.98. The first-order valence-corrected chi connectivity index (χ1v) is 12.3. The Balaban J connectivity index is 1.33. The van der Waals surface area contributed by atoms with Crippen molar-refractivity contribution in [2.24, 2.45) is 5.92 Å². The van der Waals surface area contributed by atoms with Gasteiger partial charge in [0, 0.05) is 31.9 Å². The number of sulfonamides is 1. The fourth-order valence-electron chi connectivity index (χ4n) is 3.70. The highest BCUT2D eigenvalue weighted by molar-refractivity contribution is 7.89. The molecule has 0 bridgehead atoms. The maximum absolute atomic E-state index is 14.0. The SMILES string of the molecule is Cc1cccc(-c2cnc(NCC3CCN(S(=O)(=O)c4ccc(F)cc4F)CC3)s2)c1. The molecule has 0 amide bonds. The Hall–Kier alpha value is -2.36. The number of anilines is 1. The van der Waals surface area contributed by atoms with Crippen LogP contribution in [-0.4, -0.2) is 37.3 Å². The minimum Gasteiger partial charge on any atom is -0.361 e. The molecule has 0 aliphatic carbocycles. The number of hydrogen-bond acceptors (Lipinski definition) is 5. The summed E-state index contributed by atoms with van der Waals surface area (Å²) in [5, 5.41) is 4.19. The van der Waals surface area contributed by atoms with E-state index in [0.717, 1.165) is 27.7 Å². The average Bonchev–Trinajstić information content (AvgIpc) is 3.21. The summed E-state index contributed by atoms with van der Waals surface area (Å²) in [7, 11) is -3.97. The molecule has 1 saturated heterocycles. The van der Waals surface area contributed by atoms with E-state index in [1.54, 1.807) is 11.3 Å². The van der Waals surface area contributed by atoms with Crippen LogP contribution in [-0.2, 0) is 10.0 Å². The zero-order chi connectivity index (χ0) is 22.0. The van der Waals surface area contributed by atoms with Gasteiger partial charge in [0.1, 0.15) is 16.5 Å². The molecule has 1 fully saturated rings. The normalized spacial score (nSPS) is 15.8. The van der Waals surface area contributed by atoms with Crippen molar-refractivity contribution in [1.29, 1.82) is 0 Å². The van der Waals surface area contributed by atoms with Crippen LogP contribution in [0.1, 0.15) is 18.4 Å². The molecule has 0 unspecified atom stereocenters. The second-order valence-electron chi connectivity index (χ2n) is 7.70. The number of hydrogen-bond donors (Lipinski definition) is 1. The van der Waals surface area contributed by atoms with Crippen molar-refractivity contribution in [3.8, 4) is 10.4 Å². The third kappa shape index (κ3) is 4.94. The Morgan fingerprint density at radius 3 is 2.65 bits per heavy atom. The molecule has 0 radical (unpaired) electrons. The van der Waals surface area contributed by atoms with E-state index in [-0.39, 0.29) is 5.92 Å². The molecule has 1 aliphatic rings. The minimum atomic E-state index is -3.97. The van der Waals surface area contributed by atoms with E-state index < -0.39 is 26.6 Å². The van der Waals surface area contributed by atoms with Crippen molar-refractivity contribution < 1.29 is 17.2 Å². The Labute approximate surface area is 184 Å². The largest absolute Gasteiger partial charge is 0.361 e. The summed E-state index contributed by atoms with van der Waals surface area (Å²) in [4.78, 5) is 5.06. The maximum Gasteiger partial charge on any atom is 0.245 e. The highest BCUT2D eigenvalue weighted by Gasteiger charge is 2.31. The van der Waals surface area contributed by atoms with E-state index in [2.05, 4.69) is 35.4 Å². The van der Waals surface area contributed by atoms with Gasteiger partial charge >= 0.3 is 0 Å². The Bertz CT molecular complexity index is 1170. The van der Waals surface area contributed by atoms with Crippen LogP contribution >= 0.6 is 11.3 Å². The molecule has 0 atom stereocenters. The summed E-state index contributed by atoms with van der Waals surface area (Å²) in [5.41, 5.74) is 2.33. The van der Waals surface area contributed by atoms with Gasteiger partial charge in [-0.15, -0.1) is 0 Å². The third-order valence-electron chi connectivity index (χ3n) is 5.44. The van der Waals surface area contributed by atoms with Gasteiger partial charge in [-0.3, -0.25) is 0 Å². The number of benzene rings is 2. The molecule has 1 aromatic heterocycles. The number of thiazole rings is 1. The van der Waals surface area contributed by atoms with Crippen molar-refractivity contribution in [1.82, 2.24) is 9.29 Å². The van der Waals surface area contributed by atoms with Crippen LogP contribution in [0, 0.1) is 24.5 Å². The van der Waals surface area contributed by atoms with E-state index in [9.17, 15) is 17.2 Å². The van der Waals surface area contributed by atoms with Gasteiger partial charge in [0.05, 0.1) is 4.88 Å². The van der Waals surface area contributed by atoms with Crippen LogP contribution in [0.25, 0.3) is 10.4 Å². The van der Waals surface area contributed by atoms with Crippen molar-refractivity contribution in [3.63, 3.8) is 0 Å². The van der Waals surface area contributed by atoms with Crippen LogP contribution in [0.15, 0.2) is 53.6 Å². The number of aromatic nitrogens is 1. The molecule has 5 nitrogen and oxygen atoms in total. The topological polar surface area (TPSA) is 62.3 Å². The summed E-state index contributed by atoms with van der Waals surface area (Å²) in [6.45, 7) is 3.36. The van der Waals surface area contributed by atoms with Crippen LogP contribution in [0.5, 0.6) is 0 Å². The predicted molar refractivity (Wildman–Crippen MR) is 119 cm³/mol. The molecule has 31 heavy (non-hydrogen) atoms. The lowest BCUT2D eigenvalue weighted by Crippen LogP contribution is -2.40. The molecule has 1 aliphatic heterocycles. The van der Waals surface area contributed by atoms with Gasteiger partial charge in [0.25, 0.3) is 0 Å². The van der Waals surface area contributed by atoms with Gasteiger partial charge in [-0.2, -0.15) is 4.31 Å². The van der Waals surface area contributed by atoms with Crippen LogP contribution in [0.2, 0.25) is 0 Å². The zero-order valence-corrected chi connectivity index (χ0v) is 18.6. The smallest absolute Gasteiger partial charge is 0.245 e. The van der Waals surface area contributed by atoms with Gasteiger partial charge in [-0.25, -0.2) is 22.2 Å². The molecule has 2 aromatic carbocycles.